The number of carbonyl (C=O) groups is 4. The Morgan fingerprint density at radius 2 is 1.76 bits per heavy atom. The van der Waals surface area contributed by atoms with Crippen molar-refractivity contribution in [2.24, 2.45) is 0 Å². The van der Waals surface area contributed by atoms with Crippen LogP contribution in [0.25, 0.3) is 0 Å². The van der Waals surface area contributed by atoms with Crippen LogP contribution in [0.15, 0.2) is 54.6 Å². The van der Waals surface area contributed by atoms with Crippen LogP contribution in [0, 0.1) is 5.82 Å². The SMILES string of the molecule is CCOC(=O)CNC(=O)[C@@H](c1ccc(F)cc1)N(Cc1ccccc1)C(=O)c1snc(C(=O)NC2CCCCC2)c1N. The van der Waals surface area contributed by atoms with Crippen molar-refractivity contribution in [1.29, 1.82) is 0 Å². The summed E-state index contributed by atoms with van der Waals surface area (Å²) in [6.07, 6.45) is 4.92. The van der Waals surface area contributed by atoms with Gasteiger partial charge in [-0.25, -0.2) is 4.39 Å². The number of nitrogen functional groups attached to an aromatic ring is 1. The molecule has 0 bridgehead atoms. The third-order valence-electron chi connectivity index (χ3n) is 6.99. The van der Waals surface area contributed by atoms with Gasteiger partial charge in [0.2, 0.25) is 5.91 Å². The summed E-state index contributed by atoms with van der Waals surface area (Å²) < 4.78 is 23.0. The molecule has 2 aromatic carbocycles. The van der Waals surface area contributed by atoms with E-state index in [0.29, 0.717) is 11.1 Å². The fraction of sp³-hybridized carbons (Fsp3) is 0.367. The largest absolute Gasteiger partial charge is 0.465 e. The lowest BCUT2D eigenvalue weighted by atomic mass is 9.95. The first-order valence-corrected chi connectivity index (χ1v) is 14.7. The fourth-order valence-electron chi connectivity index (χ4n) is 4.89. The predicted molar refractivity (Wildman–Crippen MR) is 156 cm³/mol. The normalized spacial score (nSPS) is 14.0. The van der Waals surface area contributed by atoms with E-state index in [1.165, 1.54) is 29.2 Å². The first-order chi connectivity index (χ1) is 20.3. The summed E-state index contributed by atoms with van der Waals surface area (Å²) in [5.41, 5.74) is 7.22. The smallest absolute Gasteiger partial charge is 0.325 e. The average molecular weight is 596 g/mol. The van der Waals surface area contributed by atoms with Crippen molar-refractivity contribution >= 4 is 40.9 Å². The Morgan fingerprint density at radius 1 is 1.07 bits per heavy atom. The molecule has 1 aliphatic rings. The standard InChI is InChI=1S/C30H34FN5O5S/c1-2-41-23(37)17-33-29(39)26(20-13-15-21(31)16-14-20)36(18-19-9-5-3-6-10-19)30(40)27-24(32)25(35-42-27)28(38)34-22-11-7-4-8-12-22/h3,5-6,9-10,13-16,22,26H,2,4,7-8,11-12,17-18,32H2,1H3,(H,33,39)(H,34,38)/t26-/m1/s1. The summed E-state index contributed by atoms with van der Waals surface area (Å²) in [5.74, 6) is -2.95. The molecule has 0 radical (unpaired) electrons. The lowest BCUT2D eigenvalue weighted by Crippen LogP contribution is -2.44. The maximum absolute atomic E-state index is 14.2. The molecule has 3 amide bonds. The third kappa shape index (κ3) is 7.69. The Morgan fingerprint density at radius 3 is 2.43 bits per heavy atom. The van der Waals surface area contributed by atoms with E-state index >= 15 is 0 Å². The van der Waals surface area contributed by atoms with E-state index in [1.54, 1.807) is 31.2 Å². The summed E-state index contributed by atoms with van der Waals surface area (Å²) in [6.45, 7) is 1.32. The van der Waals surface area contributed by atoms with Crippen molar-refractivity contribution in [2.75, 3.05) is 18.9 Å². The molecule has 10 nitrogen and oxygen atoms in total. The van der Waals surface area contributed by atoms with E-state index in [2.05, 4.69) is 15.0 Å². The van der Waals surface area contributed by atoms with Crippen molar-refractivity contribution in [3.05, 3.63) is 82.1 Å². The number of ether oxygens (including phenoxy) is 1. The van der Waals surface area contributed by atoms with E-state index < -0.39 is 42.1 Å². The number of hydrogen-bond donors (Lipinski definition) is 3. The molecule has 42 heavy (non-hydrogen) atoms. The zero-order valence-electron chi connectivity index (χ0n) is 23.3. The highest BCUT2D eigenvalue weighted by Gasteiger charge is 2.35. The second-order valence-electron chi connectivity index (χ2n) is 9.98. The first kappa shape index (κ1) is 30.6. The van der Waals surface area contributed by atoms with Crippen LogP contribution in [-0.2, 0) is 20.9 Å². The van der Waals surface area contributed by atoms with Gasteiger partial charge in [-0.3, -0.25) is 19.2 Å². The zero-order chi connectivity index (χ0) is 30.1. The number of esters is 1. The number of amides is 3. The minimum atomic E-state index is -1.28. The molecule has 222 valence electrons. The maximum Gasteiger partial charge on any atom is 0.325 e. The number of carbonyl (C=O) groups excluding carboxylic acids is 4. The zero-order valence-corrected chi connectivity index (χ0v) is 24.1. The van der Waals surface area contributed by atoms with Gasteiger partial charge in [0.1, 0.15) is 23.3 Å². The molecular formula is C30H34FN5O5S. The monoisotopic (exact) mass is 595 g/mol. The summed E-state index contributed by atoms with van der Waals surface area (Å²) in [5, 5.41) is 5.49. The van der Waals surface area contributed by atoms with Crippen molar-refractivity contribution in [3.63, 3.8) is 0 Å². The Balaban J connectivity index is 1.69. The summed E-state index contributed by atoms with van der Waals surface area (Å²) in [6, 6.07) is 12.9. The number of hydrogen-bond acceptors (Lipinski definition) is 8. The van der Waals surface area contributed by atoms with Crippen LogP contribution in [0.2, 0.25) is 0 Å². The van der Waals surface area contributed by atoms with Crippen LogP contribution < -0.4 is 16.4 Å². The molecule has 1 saturated carbocycles. The quantitative estimate of drug-likeness (QED) is 0.285. The Hall–Kier alpha value is -4.32. The van der Waals surface area contributed by atoms with Gasteiger partial charge in [0, 0.05) is 12.6 Å². The van der Waals surface area contributed by atoms with Gasteiger partial charge in [-0.15, -0.1) is 0 Å². The number of rotatable bonds is 11. The van der Waals surface area contributed by atoms with Gasteiger partial charge >= 0.3 is 5.97 Å². The number of aromatic nitrogens is 1. The van der Waals surface area contributed by atoms with Gasteiger partial charge in [0.15, 0.2) is 5.69 Å². The van der Waals surface area contributed by atoms with Crippen LogP contribution in [0.4, 0.5) is 10.1 Å². The van der Waals surface area contributed by atoms with E-state index in [-0.39, 0.29) is 35.5 Å². The number of nitrogens with two attached hydrogens (primary N) is 1. The van der Waals surface area contributed by atoms with E-state index in [9.17, 15) is 23.6 Å². The van der Waals surface area contributed by atoms with Crippen LogP contribution >= 0.6 is 11.5 Å². The molecule has 1 heterocycles. The second-order valence-corrected chi connectivity index (χ2v) is 10.8. The molecular weight excluding hydrogens is 561 g/mol. The fourth-order valence-corrected chi connectivity index (χ4v) is 5.65. The Kier molecular flexibility index (Phi) is 10.6. The summed E-state index contributed by atoms with van der Waals surface area (Å²) in [4.78, 5) is 54.0. The molecule has 12 heteroatoms. The predicted octanol–water partition coefficient (Wildman–Crippen LogP) is 3.99. The van der Waals surface area contributed by atoms with E-state index in [1.807, 2.05) is 6.07 Å². The molecule has 4 rings (SSSR count). The number of halogens is 1. The maximum atomic E-state index is 14.2. The highest BCUT2D eigenvalue weighted by molar-refractivity contribution is 7.09. The lowest BCUT2D eigenvalue weighted by molar-refractivity contribution is -0.143. The van der Waals surface area contributed by atoms with E-state index in [0.717, 1.165) is 43.6 Å². The molecule has 1 fully saturated rings. The second kappa shape index (κ2) is 14.5. The van der Waals surface area contributed by atoms with Crippen LogP contribution in [0.1, 0.15) is 76.4 Å². The first-order valence-electron chi connectivity index (χ1n) is 13.9. The number of nitrogens with zero attached hydrogens (tertiary/aromatic N) is 2. The van der Waals surface area contributed by atoms with E-state index in [4.69, 9.17) is 10.5 Å². The molecule has 1 aliphatic carbocycles. The molecule has 0 aliphatic heterocycles. The van der Waals surface area contributed by atoms with Crippen molar-refractivity contribution in [1.82, 2.24) is 19.9 Å². The average Bonchev–Trinajstić information content (AvgIpc) is 3.38. The van der Waals surface area contributed by atoms with Gasteiger partial charge in [-0.05, 0) is 54.6 Å². The summed E-state index contributed by atoms with van der Waals surface area (Å²) in [7, 11) is 0. The molecule has 1 aromatic heterocycles. The van der Waals surface area contributed by atoms with Gasteiger partial charge < -0.3 is 26.0 Å². The van der Waals surface area contributed by atoms with Gasteiger partial charge in [-0.2, -0.15) is 4.37 Å². The number of benzene rings is 2. The summed E-state index contributed by atoms with van der Waals surface area (Å²) >= 11 is 0.772. The van der Waals surface area contributed by atoms with Gasteiger partial charge in [0.25, 0.3) is 11.8 Å². The highest BCUT2D eigenvalue weighted by Crippen LogP contribution is 2.31. The van der Waals surface area contributed by atoms with Crippen LogP contribution in [-0.4, -0.2) is 52.2 Å². The lowest BCUT2D eigenvalue weighted by Gasteiger charge is -2.31. The minimum Gasteiger partial charge on any atom is -0.465 e. The molecule has 0 saturated heterocycles. The topological polar surface area (TPSA) is 144 Å². The highest BCUT2D eigenvalue weighted by atomic mass is 32.1. The van der Waals surface area contributed by atoms with Crippen molar-refractivity contribution in [2.45, 2.75) is 57.7 Å². The number of anilines is 1. The molecule has 0 unspecified atom stereocenters. The van der Waals surface area contributed by atoms with Crippen molar-refractivity contribution in [3.8, 4) is 0 Å². The third-order valence-corrected chi connectivity index (χ3v) is 7.84. The molecule has 3 aromatic rings. The van der Waals surface area contributed by atoms with Gasteiger partial charge in [-0.1, -0.05) is 61.7 Å². The molecule has 1 atom stereocenters. The molecule has 4 N–H and O–H groups in total. The molecule has 0 spiro atoms. The van der Waals surface area contributed by atoms with Crippen LogP contribution in [0.5, 0.6) is 0 Å². The van der Waals surface area contributed by atoms with Crippen LogP contribution in [0.3, 0.4) is 0 Å². The Labute approximate surface area is 247 Å². The number of nitrogens with one attached hydrogen (secondary N) is 2. The van der Waals surface area contributed by atoms with Gasteiger partial charge in [0.05, 0.1) is 12.3 Å². The van der Waals surface area contributed by atoms with Crippen molar-refractivity contribution < 1.29 is 28.3 Å². The Bertz CT molecular complexity index is 1390. The minimum absolute atomic E-state index is 0.00923.